The maximum Gasteiger partial charge on any atom is 0.256 e. The number of fused-ring (bicyclic) bond motifs is 1. The van der Waals surface area contributed by atoms with Crippen LogP contribution in [-0.4, -0.2) is 35.7 Å². The van der Waals surface area contributed by atoms with Crippen LogP contribution in [0.15, 0.2) is 6.07 Å². The topological polar surface area (TPSA) is 92.1 Å². The first kappa shape index (κ1) is 21.1. The average Bonchev–Trinajstić information content (AvgIpc) is 3.14. The Morgan fingerprint density at radius 1 is 1.25 bits per heavy atom. The van der Waals surface area contributed by atoms with E-state index in [-0.39, 0.29) is 12.1 Å². The summed E-state index contributed by atoms with van der Waals surface area (Å²) < 4.78 is 0. The van der Waals surface area contributed by atoms with Gasteiger partial charge in [-0.05, 0) is 63.5 Å². The van der Waals surface area contributed by atoms with Gasteiger partial charge in [-0.3, -0.25) is 4.79 Å². The first-order valence-corrected chi connectivity index (χ1v) is 11.2. The van der Waals surface area contributed by atoms with Gasteiger partial charge in [0.1, 0.15) is 5.82 Å². The summed E-state index contributed by atoms with van der Waals surface area (Å²) in [7, 11) is 0. The molecule has 3 rings (SSSR count). The summed E-state index contributed by atoms with van der Waals surface area (Å²) in [5.41, 5.74) is 8.71. The monoisotopic (exact) mass is 387 g/mol. The lowest BCUT2D eigenvalue weighted by Gasteiger charge is -2.28. The molecule has 28 heavy (non-hydrogen) atoms. The van der Waals surface area contributed by atoms with Gasteiger partial charge in [-0.2, -0.15) is 0 Å². The number of amides is 1. The molecule has 0 aromatic carbocycles. The van der Waals surface area contributed by atoms with Crippen molar-refractivity contribution in [3.05, 3.63) is 22.9 Å². The van der Waals surface area contributed by atoms with Gasteiger partial charge in [0.15, 0.2) is 0 Å². The molecule has 1 saturated carbocycles. The number of aromatic nitrogens is 1. The van der Waals surface area contributed by atoms with Crippen LogP contribution in [0.3, 0.4) is 0 Å². The summed E-state index contributed by atoms with van der Waals surface area (Å²) in [6, 6.07) is 3.18. The Morgan fingerprint density at radius 3 is 2.75 bits per heavy atom. The van der Waals surface area contributed by atoms with Gasteiger partial charge < -0.3 is 21.7 Å². The maximum absolute atomic E-state index is 12.6. The highest BCUT2D eigenvalue weighted by molar-refractivity contribution is 5.99. The normalized spacial score (nSPS) is 19.1. The summed E-state index contributed by atoms with van der Waals surface area (Å²) in [6.45, 7) is 4.83. The van der Waals surface area contributed by atoms with Crippen molar-refractivity contribution in [1.29, 1.82) is 0 Å². The van der Waals surface area contributed by atoms with Crippen molar-refractivity contribution in [2.24, 2.45) is 5.73 Å². The molecular formula is C22H37N5O. The van der Waals surface area contributed by atoms with E-state index in [9.17, 15) is 4.79 Å². The van der Waals surface area contributed by atoms with Crippen LogP contribution in [0.25, 0.3) is 0 Å². The highest BCUT2D eigenvalue weighted by atomic mass is 16.1. The molecule has 5 N–H and O–H groups in total. The van der Waals surface area contributed by atoms with E-state index in [2.05, 4.69) is 22.9 Å². The highest BCUT2D eigenvalue weighted by Crippen LogP contribution is 2.25. The van der Waals surface area contributed by atoms with E-state index < -0.39 is 0 Å². The first-order valence-electron chi connectivity index (χ1n) is 11.2. The van der Waals surface area contributed by atoms with E-state index in [1.165, 1.54) is 37.7 Å². The average molecular weight is 388 g/mol. The molecule has 0 radical (unpaired) electrons. The van der Waals surface area contributed by atoms with Crippen molar-refractivity contribution < 1.29 is 4.79 Å². The van der Waals surface area contributed by atoms with E-state index >= 15 is 0 Å². The standard InChI is InChI=1S/C22H37N5O/c1-3-17(26-18-9-5-4-6-10-18)12-13-24-21-19(22(28)25-15(2)23)14-16-8-7-11-20(16)27-21/h14-15,17-18,26H,3-13,23H2,1-2H3,(H,24,27)(H,25,28). The molecule has 156 valence electrons. The summed E-state index contributed by atoms with van der Waals surface area (Å²) >= 11 is 0. The fourth-order valence-electron chi connectivity index (χ4n) is 4.44. The van der Waals surface area contributed by atoms with E-state index in [1.807, 2.05) is 6.07 Å². The molecule has 1 fully saturated rings. The number of anilines is 1. The number of rotatable bonds is 9. The van der Waals surface area contributed by atoms with Crippen LogP contribution < -0.4 is 21.7 Å². The zero-order chi connectivity index (χ0) is 19.9. The van der Waals surface area contributed by atoms with Crippen LogP contribution in [0.1, 0.15) is 86.8 Å². The Bertz CT molecular complexity index is 655. The van der Waals surface area contributed by atoms with Crippen molar-refractivity contribution in [1.82, 2.24) is 15.6 Å². The van der Waals surface area contributed by atoms with Crippen molar-refractivity contribution in [3.63, 3.8) is 0 Å². The van der Waals surface area contributed by atoms with E-state index in [0.29, 0.717) is 23.5 Å². The van der Waals surface area contributed by atoms with E-state index in [1.54, 1.807) is 6.92 Å². The van der Waals surface area contributed by atoms with Crippen LogP contribution in [-0.2, 0) is 12.8 Å². The molecular weight excluding hydrogens is 350 g/mol. The largest absolute Gasteiger partial charge is 0.369 e. The minimum Gasteiger partial charge on any atom is -0.369 e. The van der Waals surface area contributed by atoms with Gasteiger partial charge in [0.05, 0.1) is 11.7 Å². The van der Waals surface area contributed by atoms with E-state index in [4.69, 9.17) is 10.7 Å². The minimum atomic E-state index is -0.377. The number of nitrogens with zero attached hydrogens (tertiary/aromatic N) is 1. The Kier molecular flexibility index (Phi) is 7.68. The number of pyridine rings is 1. The molecule has 6 heteroatoms. The molecule has 1 amide bonds. The quantitative estimate of drug-likeness (QED) is 0.489. The third kappa shape index (κ3) is 5.67. The fraction of sp³-hybridized carbons (Fsp3) is 0.727. The van der Waals surface area contributed by atoms with E-state index in [0.717, 1.165) is 44.3 Å². The Balaban J connectivity index is 1.61. The zero-order valence-electron chi connectivity index (χ0n) is 17.5. The number of hydrogen-bond donors (Lipinski definition) is 4. The molecule has 0 aliphatic heterocycles. The Labute approximate surface area is 169 Å². The summed E-state index contributed by atoms with van der Waals surface area (Å²) in [5, 5.41) is 10.1. The third-order valence-corrected chi connectivity index (χ3v) is 6.01. The second kappa shape index (κ2) is 10.2. The SMILES string of the molecule is CCC(CCNc1nc2c(cc1C(=O)NC(C)N)CCC2)NC1CCCCC1. The number of carbonyl (C=O) groups is 1. The summed E-state index contributed by atoms with van der Waals surface area (Å²) in [6.07, 6.45) is 11.6. The number of carbonyl (C=O) groups excluding carboxylic acids is 1. The molecule has 2 aliphatic carbocycles. The number of nitrogens with two attached hydrogens (primary N) is 1. The molecule has 1 aromatic heterocycles. The lowest BCUT2D eigenvalue weighted by atomic mass is 9.94. The van der Waals surface area contributed by atoms with Gasteiger partial charge in [0.2, 0.25) is 0 Å². The van der Waals surface area contributed by atoms with Crippen molar-refractivity contribution in [2.75, 3.05) is 11.9 Å². The van der Waals surface area contributed by atoms with Crippen LogP contribution in [0.5, 0.6) is 0 Å². The van der Waals surface area contributed by atoms with Crippen molar-refractivity contribution >= 4 is 11.7 Å². The maximum atomic E-state index is 12.6. The van der Waals surface area contributed by atoms with Gasteiger partial charge in [0.25, 0.3) is 5.91 Å². The number of nitrogens with one attached hydrogen (secondary N) is 3. The lowest BCUT2D eigenvalue weighted by Crippen LogP contribution is -2.40. The molecule has 1 heterocycles. The van der Waals surface area contributed by atoms with Crippen molar-refractivity contribution in [3.8, 4) is 0 Å². The minimum absolute atomic E-state index is 0.146. The summed E-state index contributed by atoms with van der Waals surface area (Å²) in [4.78, 5) is 17.4. The fourth-order valence-corrected chi connectivity index (χ4v) is 4.44. The van der Waals surface area contributed by atoms with Gasteiger partial charge in [-0.25, -0.2) is 4.98 Å². The number of aryl methyl sites for hydroxylation is 2. The van der Waals surface area contributed by atoms with Crippen molar-refractivity contribution in [2.45, 2.75) is 96.3 Å². The molecule has 2 aliphatic rings. The molecule has 0 bridgehead atoms. The summed E-state index contributed by atoms with van der Waals surface area (Å²) in [5.74, 6) is 0.554. The Hall–Kier alpha value is -1.66. The zero-order valence-corrected chi connectivity index (χ0v) is 17.5. The molecule has 6 nitrogen and oxygen atoms in total. The van der Waals surface area contributed by atoms with Crippen LogP contribution >= 0.6 is 0 Å². The van der Waals surface area contributed by atoms with Gasteiger partial charge in [0, 0.05) is 24.3 Å². The van der Waals surface area contributed by atoms with Crippen LogP contribution in [0.4, 0.5) is 5.82 Å². The van der Waals surface area contributed by atoms with Crippen LogP contribution in [0.2, 0.25) is 0 Å². The lowest BCUT2D eigenvalue weighted by molar-refractivity contribution is 0.0941. The molecule has 2 unspecified atom stereocenters. The predicted molar refractivity (Wildman–Crippen MR) is 115 cm³/mol. The third-order valence-electron chi connectivity index (χ3n) is 6.01. The molecule has 0 spiro atoms. The molecule has 1 aromatic rings. The highest BCUT2D eigenvalue weighted by Gasteiger charge is 2.21. The molecule has 0 saturated heterocycles. The number of hydrogen-bond acceptors (Lipinski definition) is 5. The second-order valence-corrected chi connectivity index (χ2v) is 8.43. The Morgan fingerprint density at radius 2 is 2.04 bits per heavy atom. The van der Waals surface area contributed by atoms with Crippen LogP contribution in [0, 0.1) is 0 Å². The van der Waals surface area contributed by atoms with Gasteiger partial charge in [-0.1, -0.05) is 26.2 Å². The first-order chi connectivity index (χ1) is 13.6. The van der Waals surface area contributed by atoms with Gasteiger partial charge in [-0.15, -0.1) is 0 Å². The predicted octanol–water partition coefficient (Wildman–Crippen LogP) is 3.11. The van der Waals surface area contributed by atoms with Gasteiger partial charge >= 0.3 is 0 Å². The second-order valence-electron chi connectivity index (χ2n) is 8.43. The molecule has 2 atom stereocenters. The smallest absolute Gasteiger partial charge is 0.256 e.